The molecule has 15 heavy (non-hydrogen) atoms. The summed E-state index contributed by atoms with van der Waals surface area (Å²) in [6.07, 6.45) is 7.81. The molecule has 4 nitrogen and oxygen atoms in total. The normalized spacial score (nSPS) is 26.3. The average molecular weight is 227 g/mol. The molecule has 1 fully saturated rings. The van der Waals surface area contributed by atoms with Gasteiger partial charge in [0.15, 0.2) is 0 Å². The van der Waals surface area contributed by atoms with Crippen molar-refractivity contribution in [1.29, 1.82) is 0 Å². The number of nitrogens with zero attached hydrogens (tertiary/aromatic N) is 2. The molecule has 0 spiro atoms. The highest BCUT2D eigenvalue weighted by molar-refractivity contribution is 6.29. The molecule has 0 amide bonds. The standard InChI is InChI=1S/C10H15ClN4/c11-9-5-13-6-10(15-9)14-8-4-2-1-3-7(8)12/h5-8H,1-4,12H2,(H,14,15). The quantitative estimate of drug-likeness (QED) is 0.808. The minimum absolute atomic E-state index is 0.208. The van der Waals surface area contributed by atoms with Gasteiger partial charge in [-0.05, 0) is 12.8 Å². The van der Waals surface area contributed by atoms with E-state index in [1.165, 1.54) is 19.0 Å². The van der Waals surface area contributed by atoms with Gasteiger partial charge in [-0.3, -0.25) is 4.98 Å². The van der Waals surface area contributed by atoms with E-state index < -0.39 is 0 Å². The van der Waals surface area contributed by atoms with Crippen LogP contribution in [0.4, 0.5) is 5.82 Å². The van der Waals surface area contributed by atoms with Crippen LogP contribution in [-0.4, -0.2) is 22.1 Å². The summed E-state index contributed by atoms with van der Waals surface area (Å²) in [4.78, 5) is 8.11. The fourth-order valence-electron chi connectivity index (χ4n) is 1.94. The second-order valence-electron chi connectivity index (χ2n) is 3.93. The van der Waals surface area contributed by atoms with Crippen LogP contribution in [-0.2, 0) is 0 Å². The summed E-state index contributed by atoms with van der Waals surface area (Å²) in [6, 6.07) is 0.506. The lowest BCUT2D eigenvalue weighted by molar-refractivity contribution is 0.403. The number of nitrogens with one attached hydrogen (secondary N) is 1. The third-order valence-corrected chi connectivity index (χ3v) is 2.94. The molecular weight excluding hydrogens is 212 g/mol. The van der Waals surface area contributed by atoms with Crippen molar-refractivity contribution in [3.8, 4) is 0 Å². The molecule has 2 atom stereocenters. The highest BCUT2D eigenvalue weighted by Gasteiger charge is 2.21. The Labute approximate surface area is 94.2 Å². The van der Waals surface area contributed by atoms with Gasteiger partial charge < -0.3 is 11.1 Å². The molecule has 1 aromatic rings. The summed E-state index contributed by atoms with van der Waals surface area (Å²) in [5.74, 6) is 0.713. The molecule has 3 N–H and O–H groups in total. The van der Waals surface area contributed by atoms with Crippen LogP contribution < -0.4 is 11.1 Å². The zero-order valence-electron chi connectivity index (χ0n) is 8.49. The Morgan fingerprint density at radius 1 is 1.33 bits per heavy atom. The summed E-state index contributed by atoms with van der Waals surface area (Å²) in [6.45, 7) is 0. The highest BCUT2D eigenvalue weighted by Crippen LogP contribution is 2.20. The van der Waals surface area contributed by atoms with Crippen molar-refractivity contribution in [2.24, 2.45) is 5.73 Å². The van der Waals surface area contributed by atoms with E-state index in [0.29, 0.717) is 17.0 Å². The highest BCUT2D eigenvalue weighted by atomic mass is 35.5. The second-order valence-corrected chi connectivity index (χ2v) is 4.31. The Morgan fingerprint density at radius 3 is 2.87 bits per heavy atom. The van der Waals surface area contributed by atoms with Gasteiger partial charge in [-0.1, -0.05) is 24.4 Å². The molecule has 2 unspecified atom stereocenters. The molecule has 1 aliphatic rings. The molecule has 1 aliphatic carbocycles. The van der Waals surface area contributed by atoms with Crippen LogP contribution in [0.3, 0.4) is 0 Å². The summed E-state index contributed by atoms with van der Waals surface area (Å²) in [5, 5.41) is 3.70. The van der Waals surface area contributed by atoms with Crippen LogP contribution in [0.25, 0.3) is 0 Å². The van der Waals surface area contributed by atoms with E-state index in [1.807, 2.05) is 0 Å². The maximum absolute atomic E-state index is 6.02. The largest absolute Gasteiger partial charge is 0.364 e. The van der Waals surface area contributed by atoms with Crippen LogP contribution >= 0.6 is 11.6 Å². The fourth-order valence-corrected chi connectivity index (χ4v) is 2.09. The number of anilines is 1. The molecule has 0 saturated heterocycles. The first kappa shape index (κ1) is 10.6. The predicted molar refractivity (Wildman–Crippen MR) is 60.9 cm³/mol. The number of hydrogen-bond donors (Lipinski definition) is 2. The maximum Gasteiger partial charge on any atom is 0.149 e. The molecule has 0 aromatic carbocycles. The number of aromatic nitrogens is 2. The minimum Gasteiger partial charge on any atom is -0.364 e. The van der Waals surface area contributed by atoms with Gasteiger partial charge in [0, 0.05) is 12.1 Å². The fraction of sp³-hybridized carbons (Fsp3) is 0.600. The second kappa shape index (κ2) is 4.77. The number of hydrogen-bond acceptors (Lipinski definition) is 4. The Morgan fingerprint density at radius 2 is 2.13 bits per heavy atom. The Hall–Kier alpha value is -0.870. The molecule has 0 aliphatic heterocycles. The zero-order chi connectivity index (χ0) is 10.7. The van der Waals surface area contributed by atoms with Crippen molar-refractivity contribution < 1.29 is 0 Å². The molecule has 82 valence electrons. The lowest BCUT2D eigenvalue weighted by Gasteiger charge is -2.29. The van der Waals surface area contributed by atoms with Crippen LogP contribution in [0.15, 0.2) is 12.4 Å². The number of nitrogens with two attached hydrogens (primary N) is 1. The lowest BCUT2D eigenvalue weighted by Crippen LogP contribution is -2.42. The third-order valence-electron chi connectivity index (χ3n) is 2.76. The van der Waals surface area contributed by atoms with Gasteiger partial charge in [0.05, 0.1) is 12.4 Å². The summed E-state index contributed by atoms with van der Waals surface area (Å²) < 4.78 is 0. The van der Waals surface area contributed by atoms with E-state index in [-0.39, 0.29) is 6.04 Å². The topological polar surface area (TPSA) is 63.8 Å². The summed E-state index contributed by atoms with van der Waals surface area (Å²) >= 11 is 5.75. The summed E-state index contributed by atoms with van der Waals surface area (Å²) in [7, 11) is 0. The minimum atomic E-state index is 0.208. The monoisotopic (exact) mass is 226 g/mol. The molecule has 0 bridgehead atoms. The Bertz CT molecular complexity index is 331. The van der Waals surface area contributed by atoms with E-state index in [9.17, 15) is 0 Å². The maximum atomic E-state index is 6.02. The van der Waals surface area contributed by atoms with E-state index in [2.05, 4.69) is 15.3 Å². The molecule has 1 heterocycles. The number of halogens is 1. The zero-order valence-corrected chi connectivity index (χ0v) is 9.24. The Kier molecular flexibility index (Phi) is 3.38. The third kappa shape index (κ3) is 2.79. The van der Waals surface area contributed by atoms with Crippen LogP contribution in [0.2, 0.25) is 5.15 Å². The van der Waals surface area contributed by atoms with Crippen LogP contribution in [0.1, 0.15) is 25.7 Å². The van der Waals surface area contributed by atoms with Crippen molar-refractivity contribution >= 4 is 17.4 Å². The summed E-state index contributed by atoms with van der Waals surface area (Å²) in [5.41, 5.74) is 6.02. The molecule has 2 rings (SSSR count). The van der Waals surface area contributed by atoms with Crippen LogP contribution in [0.5, 0.6) is 0 Å². The molecule has 5 heteroatoms. The average Bonchev–Trinajstić information content (AvgIpc) is 2.22. The van der Waals surface area contributed by atoms with E-state index >= 15 is 0 Å². The SMILES string of the molecule is NC1CCCCC1Nc1cncc(Cl)n1. The van der Waals surface area contributed by atoms with Gasteiger partial charge in [-0.25, -0.2) is 4.98 Å². The lowest BCUT2D eigenvalue weighted by atomic mass is 9.91. The van der Waals surface area contributed by atoms with Gasteiger partial charge in [-0.15, -0.1) is 0 Å². The first-order valence-electron chi connectivity index (χ1n) is 5.25. The number of rotatable bonds is 2. The molecule has 1 aromatic heterocycles. The van der Waals surface area contributed by atoms with E-state index in [1.54, 1.807) is 6.20 Å². The van der Waals surface area contributed by atoms with Crippen molar-refractivity contribution in [1.82, 2.24) is 9.97 Å². The van der Waals surface area contributed by atoms with E-state index in [4.69, 9.17) is 17.3 Å². The van der Waals surface area contributed by atoms with E-state index in [0.717, 1.165) is 12.8 Å². The molecular formula is C10H15ClN4. The smallest absolute Gasteiger partial charge is 0.149 e. The van der Waals surface area contributed by atoms with Crippen LogP contribution in [0, 0.1) is 0 Å². The Balaban J connectivity index is 2.01. The molecule has 1 saturated carbocycles. The predicted octanol–water partition coefficient (Wildman–Crippen LogP) is 1.81. The first-order chi connectivity index (χ1) is 7.25. The molecule has 0 radical (unpaired) electrons. The van der Waals surface area contributed by atoms with Gasteiger partial charge in [-0.2, -0.15) is 0 Å². The first-order valence-corrected chi connectivity index (χ1v) is 5.63. The van der Waals surface area contributed by atoms with Gasteiger partial charge in [0.2, 0.25) is 0 Å². The van der Waals surface area contributed by atoms with Gasteiger partial charge in [0.1, 0.15) is 11.0 Å². The van der Waals surface area contributed by atoms with Crippen molar-refractivity contribution in [3.63, 3.8) is 0 Å². The van der Waals surface area contributed by atoms with Crippen molar-refractivity contribution in [2.45, 2.75) is 37.8 Å². The van der Waals surface area contributed by atoms with Crippen molar-refractivity contribution in [2.75, 3.05) is 5.32 Å². The van der Waals surface area contributed by atoms with Gasteiger partial charge in [0.25, 0.3) is 0 Å². The van der Waals surface area contributed by atoms with Gasteiger partial charge >= 0.3 is 0 Å². The van der Waals surface area contributed by atoms with Crippen molar-refractivity contribution in [3.05, 3.63) is 17.5 Å².